The summed E-state index contributed by atoms with van der Waals surface area (Å²) in [5, 5.41) is 0. The van der Waals surface area contributed by atoms with E-state index >= 15 is 0 Å². The monoisotopic (exact) mass is 510 g/mol. The molecule has 4 aromatic carbocycles. The van der Waals surface area contributed by atoms with E-state index in [0.29, 0.717) is 11.5 Å². The number of rotatable bonds is 10. The number of carbonyl (C=O) groups is 2. The Morgan fingerprint density at radius 1 is 0.568 bits per heavy atom. The molecule has 2 unspecified atom stereocenters. The topological polar surface area (TPSA) is 52.6 Å². The summed E-state index contributed by atoms with van der Waals surface area (Å²) in [5.74, 6) is 2.12. The lowest BCUT2D eigenvalue weighted by Gasteiger charge is -2.23. The van der Waals surface area contributed by atoms with Gasteiger partial charge in [0.2, 0.25) is 0 Å². The predicted octanol–water partition coefficient (Wildman–Crippen LogP) is 7.23. The Morgan fingerprint density at radius 2 is 0.919 bits per heavy atom. The van der Waals surface area contributed by atoms with E-state index in [4.69, 9.17) is 9.47 Å². The van der Waals surface area contributed by atoms with Crippen LogP contribution in [0, 0.1) is 0 Å². The van der Waals surface area contributed by atoms with Gasteiger partial charge in [-0.1, -0.05) is 97.1 Å². The third-order valence-electron chi connectivity index (χ3n) is 6.07. The number of esters is 2. The Labute approximate surface area is 222 Å². The van der Waals surface area contributed by atoms with Crippen molar-refractivity contribution in [2.24, 2.45) is 0 Å². The van der Waals surface area contributed by atoms with Crippen molar-refractivity contribution in [1.82, 2.24) is 0 Å². The first-order valence-corrected chi connectivity index (χ1v) is 13.4. The van der Waals surface area contributed by atoms with Crippen LogP contribution in [0.2, 0.25) is 0 Å². The molecule has 0 aliphatic rings. The van der Waals surface area contributed by atoms with E-state index in [-0.39, 0.29) is 23.8 Å². The molecule has 0 amide bonds. The van der Waals surface area contributed by atoms with Crippen LogP contribution >= 0.6 is 11.8 Å². The number of para-hydroxylation sites is 2. The second-order valence-corrected chi connectivity index (χ2v) is 9.80. The van der Waals surface area contributed by atoms with Crippen LogP contribution in [0.1, 0.15) is 47.9 Å². The molecule has 0 aliphatic carbocycles. The summed E-state index contributed by atoms with van der Waals surface area (Å²) in [6.45, 7) is 2.85. The van der Waals surface area contributed by atoms with E-state index in [1.807, 2.05) is 96.7 Å². The van der Waals surface area contributed by atoms with E-state index in [0.717, 1.165) is 33.8 Å². The Morgan fingerprint density at radius 3 is 1.30 bits per heavy atom. The molecule has 0 bridgehead atoms. The number of thioether (sulfide) groups is 1. The first kappa shape index (κ1) is 26.2. The molecule has 4 rings (SSSR count). The molecule has 0 spiro atoms. The van der Waals surface area contributed by atoms with Gasteiger partial charge in [-0.3, -0.25) is 9.59 Å². The fourth-order valence-corrected chi connectivity index (χ4v) is 5.79. The number of carbonyl (C=O) groups excluding carboxylic acids is 2. The first-order chi connectivity index (χ1) is 18.0. The molecule has 0 saturated carbocycles. The van der Waals surface area contributed by atoms with Gasteiger partial charge < -0.3 is 9.47 Å². The van der Waals surface area contributed by atoms with Crippen molar-refractivity contribution >= 4 is 23.7 Å². The molecule has 37 heavy (non-hydrogen) atoms. The van der Waals surface area contributed by atoms with Gasteiger partial charge in [0.25, 0.3) is 0 Å². The first-order valence-electron chi connectivity index (χ1n) is 12.2. The summed E-state index contributed by atoms with van der Waals surface area (Å²) in [6.07, 6.45) is 0. The molecule has 0 aliphatic heterocycles. The highest BCUT2D eigenvalue weighted by Crippen LogP contribution is 2.38. The molecule has 5 heteroatoms. The highest BCUT2D eigenvalue weighted by atomic mass is 32.2. The minimum absolute atomic E-state index is 0.0295. The SMILES string of the molecule is CC(=O)Oc1ccccc1C(CSCC(c1ccccc1)c1ccccc1OC(C)=O)c1ccccc1. The van der Waals surface area contributed by atoms with Crippen LogP contribution in [0.3, 0.4) is 0 Å². The zero-order valence-electron chi connectivity index (χ0n) is 21.0. The maximum atomic E-state index is 11.8. The van der Waals surface area contributed by atoms with E-state index in [1.54, 1.807) is 0 Å². The Kier molecular flexibility index (Phi) is 9.17. The van der Waals surface area contributed by atoms with Crippen molar-refractivity contribution in [2.75, 3.05) is 11.5 Å². The molecule has 0 heterocycles. The minimum Gasteiger partial charge on any atom is -0.426 e. The van der Waals surface area contributed by atoms with Crippen LogP contribution in [0.5, 0.6) is 11.5 Å². The summed E-state index contributed by atoms with van der Waals surface area (Å²) in [6, 6.07) is 36.0. The summed E-state index contributed by atoms with van der Waals surface area (Å²) >= 11 is 1.82. The summed E-state index contributed by atoms with van der Waals surface area (Å²) in [5.41, 5.74) is 4.28. The number of hydrogen-bond donors (Lipinski definition) is 0. The molecule has 188 valence electrons. The highest BCUT2D eigenvalue weighted by molar-refractivity contribution is 7.99. The fraction of sp³-hybridized carbons (Fsp3) is 0.188. The minimum atomic E-state index is -0.335. The summed E-state index contributed by atoms with van der Waals surface area (Å²) in [4.78, 5) is 23.6. The lowest BCUT2D eigenvalue weighted by Crippen LogP contribution is -2.12. The average Bonchev–Trinajstić information content (AvgIpc) is 2.90. The van der Waals surface area contributed by atoms with Gasteiger partial charge in [0, 0.05) is 48.3 Å². The maximum absolute atomic E-state index is 11.8. The van der Waals surface area contributed by atoms with Crippen LogP contribution in [-0.4, -0.2) is 23.4 Å². The number of ether oxygens (including phenoxy) is 2. The van der Waals surface area contributed by atoms with Gasteiger partial charge in [0.1, 0.15) is 11.5 Å². The van der Waals surface area contributed by atoms with Crippen molar-refractivity contribution in [3.8, 4) is 11.5 Å². The Hall–Kier alpha value is -3.83. The van der Waals surface area contributed by atoms with Crippen molar-refractivity contribution < 1.29 is 19.1 Å². The van der Waals surface area contributed by atoms with Crippen molar-refractivity contribution in [2.45, 2.75) is 25.7 Å². The van der Waals surface area contributed by atoms with Gasteiger partial charge in [0.15, 0.2) is 0 Å². The summed E-state index contributed by atoms with van der Waals surface area (Å²) in [7, 11) is 0. The third-order valence-corrected chi connectivity index (χ3v) is 7.21. The largest absolute Gasteiger partial charge is 0.426 e. The average molecular weight is 511 g/mol. The normalized spacial score (nSPS) is 12.4. The van der Waals surface area contributed by atoms with Gasteiger partial charge in [-0.25, -0.2) is 0 Å². The van der Waals surface area contributed by atoms with Crippen molar-refractivity contribution in [3.63, 3.8) is 0 Å². The molecule has 0 radical (unpaired) electrons. The maximum Gasteiger partial charge on any atom is 0.308 e. The van der Waals surface area contributed by atoms with E-state index in [1.165, 1.54) is 13.8 Å². The Balaban J connectivity index is 1.64. The molecular formula is C32H30O4S. The van der Waals surface area contributed by atoms with Crippen molar-refractivity contribution in [1.29, 1.82) is 0 Å². The smallest absolute Gasteiger partial charge is 0.308 e. The van der Waals surface area contributed by atoms with Gasteiger partial charge in [-0.15, -0.1) is 0 Å². The van der Waals surface area contributed by atoms with Gasteiger partial charge >= 0.3 is 11.9 Å². The van der Waals surface area contributed by atoms with Crippen LogP contribution in [0.15, 0.2) is 109 Å². The zero-order chi connectivity index (χ0) is 26.0. The standard InChI is InChI=1S/C32H30O4S/c1-23(33)35-31-19-11-9-17-27(31)29(25-13-5-3-6-14-25)21-37-22-30(26-15-7-4-8-16-26)28-18-10-12-20-32(28)36-24(2)34/h3-20,29-30H,21-22H2,1-2H3. The molecule has 0 aromatic heterocycles. The third kappa shape index (κ3) is 7.11. The fourth-order valence-electron chi connectivity index (χ4n) is 4.44. The van der Waals surface area contributed by atoms with Gasteiger partial charge in [-0.2, -0.15) is 11.8 Å². The number of hydrogen-bond acceptors (Lipinski definition) is 5. The number of benzene rings is 4. The quantitative estimate of drug-likeness (QED) is 0.166. The van der Waals surface area contributed by atoms with Gasteiger partial charge in [0.05, 0.1) is 0 Å². The lowest BCUT2D eigenvalue weighted by molar-refractivity contribution is -0.132. The van der Waals surface area contributed by atoms with Crippen LogP contribution in [-0.2, 0) is 9.59 Å². The molecular weight excluding hydrogens is 480 g/mol. The van der Waals surface area contributed by atoms with E-state index < -0.39 is 0 Å². The molecule has 4 nitrogen and oxygen atoms in total. The zero-order valence-corrected chi connectivity index (χ0v) is 21.8. The van der Waals surface area contributed by atoms with Crippen molar-refractivity contribution in [3.05, 3.63) is 131 Å². The molecule has 2 atom stereocenters. The predicted molar refractivity (Wildman–Crippen MR) is 149 cm³/mol. The second-order valence-electron chi connectivity index (χ2n) is 8.73. The van der Waals surface area contributed by atoms with Crippen LogP contribution in [0.4, 0.5) is 0 Å². The molecule has 4 aromatic rings. The molecule has 0 N–H and O–H groups in total. The summed E-state index contributed by atoms with van der Waals surface area (Å²) < 4.78 is 11.1. The molecule has 0 fully saturated rings. The molecule has 0 saturated heterocycles. The van der Waals surface area contributed by atoms with E-state index in [9.17, 15) is 9.59 Å². The lowest BCUT2D eigenvalue weighted by atomic mass is 9.92. The van der Waals surface area contributed by atoms with Crippen LogP contribution in [0.25, 0.3) is 0 Å². The second kappa shape index (κ2) is 12.9. The Bertz CT molecular complexity index is 1220. The van der Waals surface area contributed by atoms with E-state index in [2.05, 4.69) is 24.3 Å². The van der Waals surface area contributed by atoms with Gasteiger partial charge in [-0.05, 0) is 23.3 Å². The van der Waals surface area contributed by atoms with Crippen LogP contribution < -0.4 is 9.47 Å². The highest BCUT2D eigenvalue weighted by Gasteiger charge is 2.23.